The van der Waals surface area contributed by atoms with E-state index >= 15 is 0 Å². The van der Waals surface area contributed by atoms with E-state index in [2.05, 4.69) is 15.2 Å². The van der Waals surface area contributed by atoms with Gasteiger partial charge >= 0.3 is 5.97 Å². The van der Waals surface area contributed by atoms with Gasteiger partial charge in [-0.2, -0.15) is 5.10 Å². The molecular formula is C27H29N3O7S. The van der Waals surface area contributed by atoms with E-state index in [1.54, 1.807) is 67.6 Å². The van der Waals surface area contributed by atoms with E-state index in [0.29, 0.717) is 35.8 Å². The van der Waals surface area contributed by atoms with Gasteiger partial charge in [-0.3, -0.25) is 4.79 Å². The highest BCUT2D eigenvalue weighted by atomic mass is 32.2. The van der Waals surface area contributed by atoms with Crippen LogP contribution in [-0.2, 0) is 14.8 Å². The third kappa shape index (κ3) is 8.43. The number of esters is 1. The number of sulfonamides is 1. The van der Waals surface area contributed by atoms with E-state index in [1.165, 1.54) is 18.3 Å². The third-order valence-electron chi connectivity index (χ3n) is 4.91. The van der Waals surface area contributed by atoms with Crippen LogP contribution in [0.15, 0.2) is 82.8 Å². The largest absolute Gasteiger partial charge is 0.494 e. The van der Waals surface area contributed by atoms with Crippen molar-refractivity contribution in [2.45, 2.75) is 25.2 Å². The Morgan fingerprint density at radius 3 is 2.34 bits per heavy atom. The van der Waals surface area contributed by atoms with E-state index in [0.717, 1.165) is 6.42 Å². The van der Waals surface area contributed by atoms with E-state index in [1.807, 2.05) is 6.92 Å². The van der Waals surface area contributed by atoms with Gasteiger partial charge in [-0.25, -0.2) is 23.4 Å². The highest BCUT2D eigenvalue weighted by Gasteiger charge is 2.15. The molecule has 0 saturated carbocycles. The van der Waals surface area contributed by atoms with Crippen LogP contribution in [0.3, 0.4) is 0 Å². The maximum absolute atomic E-state index is 12.6. The summed E-state index contributed by atoms with van der Waals surface area (Å²) >= 11 is 0. The molecule has 38 heavy (non-hydrogen) atoms. The molecule has 0 radical (unpaired) electrons. The van der Waals surface area contributed by atoms with Crippen molar-refractivity contribution in [1.29, 1.82) is 0 Å². The van der Waals surface area contributed by atoms with Crippen molar-refractivity contribution in [3.05, 3.63) is 83.9 Å². The Hall–Kier alpha value is -4.22. The smallest absolute Gasteiger partial charge is 0.343 e. The third-order valence-corrected chi connectivity index (χ3v) is 6.33. The Balaban J connectivity index is 1.58. The average Bonchev–Trinajstić information content (AvgIpc) is 2.93. The monoisotopic (exact) mass is 539 g/mol. The van der Waals surface area contributed by atoms with Gasteiger partial charge in [0.25, 0.3) is 5.91 Å². The summed E-state index contributed by atoms with van der Waals surface area (Å²) in [6, 6.07) is 19.1. The molecule has 0 atom stereocenters. The summed E-state index contributed by atoms with van der Waals surface area (Å²) in [6.45, 7) is 4.23. The number of hydrazone groups is 1. The number of hydrogen-bond donors (Lipinski definition) is 2. The van der Waals surface area contributed by atoms with E-state index in [-0.39, 0.29) is 10.6 Å². The molecular weight excluding hydrogens is 510 g/mol. The van der Waals surface area contributed by atoms with E-state index < -0.39 is 28.4 Å². The van der Waals surface area contributed by atoms with Crippen LogP contribution < -0.4 is 24.4 Å². The highest BCUT2D eigenvalue weighted by molar-refractivity contribution is 7.89. The number of hydrogen-bond acceptors (Lipinski definition) is 8. The quantitative estimate of drug-likeness (QED) is 0.147. The van der Waals surface area contributed by atoms with Gasteiger partial charge in [0.1, 0.15) is 5.75 Å². The summed E-state index contributed by atoms with van der Waals surface area (Å²) in [6.07, 6.45) is 2.24. The molecule has 2 N–H and O–H groups in total. The van der Waals surface area contributed by atoms with Gasteiger partial charge in [0.2, 0.25) is 10.0 Å². The molecule has 0 aromatic heterocycles. The Morgan fingerprint density at radius 1 is 0.921 bits per heavy atom. The molecule has 0 unspecified atom stereocenters. The number of benzene rings is 3. The summed E-state index contributed by atoms with van der Waals surface area (Å²) in [5.41, 5.74) is 3.17. The lowest BCUT2D eigenvalue weighted by Crippen LogP contribution is -2.34. The molecule has 200 valence electrons. The van der Waals surface area contributed by atoms with Gasteiger partial charge in [-0.1, -0.05) is 25.1 Å². The molecule has 11 heteroatoms. The van der Waals surface area contributed by atoms with Crippen LogP contribution in [0.1, 0.15) is 36.2 Å². The second-order valence-electron chi connectivity index (χ2n) is 7.83. The first-order valence-electron chi connectivity index (χ1n) is 11.9. The fraction of sp³-hybridized carbons (Fsp3) is 0.222. The van der Waals surface area contributed by atoms with Gasteiger partial charge in [-0.05, 0) is 73.5 Å². The summed E-state index contributed by atoms with van der Waals surface area (Å²) in [5.74, 6) is -0.000807. The van der Waals surface area contributed by atoms with Crippen molar-refractivity contribution in [3.63, 3.8) is 0 Å². The summed E-state index contributed by atoms with van der Waals surface area (Å²) in [7, 11) is -3.81. The predicted octanol–water partition coefficient (Wildman–Crippen LogP) is 3.52. The molecule has 1 amide bonds. The number of amides is 1. The number of rotatable bonds is 13. The second-order valence-corrected chi connectivity index (χ2v) is 9.60. The lowest BCUT2D eigenvalue weighted by Gasteiger charge is -2.12. The standard InChI is InChI=1S/C27H29N3O7S/c1-3-16-36-22-13-11-21(12-14-22)27(32)37-24-15-10-20(17-25(24)35-4-2)18-28-30-26(31)19-29-38(33,34)23-8-6-5-7-9-23/h5-15,17-18,29H,3-4,16,19H2,1-2H3,(H,30,31)/b28-18-. The van der Waals surface area contributed by atoms with E-state index in [9.17, 15) is 18.0 Å². The van der Waals surface area contributed by atoms with Gasteiger partial charge in [-0.15, -0.1) is 0 Å². The van der Waals surface area contributed by atoms with Crippen LogP contribution in [0.25, 0.3) is 0 Å². The topological polar surface area (TPSA) is 132 Å². The minimum absolute atomic E-state index is 0.0542. The summed E-state index contributed by atoms with van der Waals surface area (Å²) in [5, 5.41) is 3.85. The van der Waals surface area contributed by atoms with Crippen LogP contribution in [0.4, 0.5) is 0 Å². The molecule has 0 bridgehead atoms. The van der Waals surface area contributed by atoms with Crippen LogP contribution in [0.2, 0.25) is 0 Å². The molecule has 0 heterocycles. The molecule has 0 fully saturated rings. The predicted molar refractivity (Wildman–Crippen MR) is 142 cm³/mol. The van der Waals surface area contributed by atoms with Crippen LogP contribution >= 0.6 is 0 Å². The number of nitrogens with zero attached hydrogens (tertiary/aromatic N) is 1. The number of carbonyl (C=O) groups excluding carboxylic acids is 2. The summed E-state index contributed by atoms with van der Waals surface area (Å²) < 4.78 is 43.3. The first-order valence-corrected chi connectivity index (χ1v) is 13.4. The number of ether oxygens (including phenoxy) is 3. The Labute approximate surface area is 221 Å². The van der Waals surface area contributed by atoms with Crippen molar-refractivity contribution < 1.29 is 32.2 Å². The Bertz CT molecular complexity index is 1360. The van der Waals surface area contributed by atoms with Gasteiger partial charge in [0, 0.05) is 0 Å². The normalized spacial score (nSPS) is 11.2. The average molecular weight is 540 g/mol. The fourth-order valence-corrected chi connectivity index (χ4v) is 4.09. The zero-order chi connectivity index (χ0) is 27.4. The molecule has 10 nitrogen and oxygen atoms in total. The molecule has 0 aliphatic carbocycles. The van der Waals surface area contributed by atoms with Crippen molar-refractivity contribution in [2.24, 2.45) is 5.10 Å². The van der Waals surface area contributed by atoms with Crippen molar-refractivity contribution in [2.75, 3.05) is 19.8 Å². The molecule has 3 aromatic carbocycles. The van der Waals surface area contributed by atoms with Crippen molar-refractivity contribution >= 4 is 28.1 Å². The first-order chi connectivity index (χ1) is 18.3. The number of nitrogens with one attached hydrogen (secondary N) is 2. The molecule has 0 saturated heterocycles. The van der Waals surface area contributed by atoms with Gasteiger partial charge in [0.15, 0.2) is 11.5 Å². The Kier molecular flexibility index (Phi) is 10.4. The van der Waals surface area contributed by atoms with Crippen LogP contribution in [0.5, 0.6) is 17.2 Å². The first kappa shape index (κ1) is 28.4. The molecule has 0 aliphatic rings. The second kappa shape index (κ2) is 13.9. The SMILES string of the molecule is CCCOc1ccc(C(=O)Oc2ccc(/C=N\NC(=O)CNS(=O)(=O)c3ccccc3)cc2OCC)cc1. The van der Waals surface area contributed by atoms with Crippen molar-refractivity contribution in [3.8, 4) is 17.2 Å². The molecule has 0 spiro atoms. The minimum Gasteiger partial charge on any atom is -0.494 e. The minimum atomic E-state index is -3.81. The summed E-state index contributed by atoms with van der Waals surface area (Å²) in [4.78, 5) is 24.7. The maximum Gasteiger partial charge on any atom is 0.343 e. The van der Waals surface area contributed by atoms with Crippen LogP contribution in [-0.4, -0.2) is 46.3 Å². The zero-order valence-corrected chi connectivity index (χ0v) is 21.9. The molecule has 3 rings (SSSR count). The fourth-order valence-electron chi connectivity index (χ4n) is 3.09. The van der Waals surface area contributed by atoms with Gasteiger partial charge < -0.3 is 14.2 Å². The van der Waals surface area contributed by atoms with Gasteiger partial charge in [0.05, 0.1) is 36.4 Å². The molecule has 0 aliphatic heterocycles. The number of carbonyl (C=O) groups is 2. The Morgan fingerprint density at radius 2 is 1.66 bits per heavy atom. The molecule has 3 aromatic rings. The lowest BCUT2D eigenvalue weighted by molar-refractivity contribution is -0.119. The zero-order valence-electron chi connectivity index (χ0n) is 21.0. The lowest BCUT2D eigenvalue weighted by atomic mass is 10.2. The van der Waals surface area contributed by atoms with Crippen LogP contribution in [0, 0.1) is 0 Å². The van der Waals surface area contributed by atoms with Crippen molar-refractivity contribution in [1.82, 2.24) is 10.1 Å². The van der Waals surface area contributed by atoms with E-state index in [4.69, 9.17) is 14.2 Å². The maximum atomic E-state index is 12.6. The highest BCUT2D eigenvalue weighted by Crippen LogP contribution is 2.29.